The van der Waals surface area contributed by atoms with Gasteiger partial charge >= 0.3 is 0 Å². The third-order valence-corrected chi connectivity index (χ3v) is 6.04. The van der Waals surface area contributed by atoms with E-state index in [1.165, 1.54) is 0 Å². The predicted molar refractivity (Wildman–Crippen MR) is 113 cm³/mol. The van der Waals surface area contributed by atoms with Gasteiger partial charge in [-0.25, -0.2) is 0 Å². The highest BCUT2D eigenvalue weighted by Crippen LogP contribution is 2.36. The monoisotopic (exact) mass is 393 g/mol. The highest BCUT2D eigenvalue weighted by molar-refractivity contribution is 6.02. The number of benzene rings is 2. The summed E-state index contributed by atoms with van der Waals surface area (Å²) in [5.41, 5.74) is 2.94. The molecule has 0 radical (unpaired) electrons. The lowest BCUT2D eigenvalue weighted by Crippen LogP contribution is -2.67. The highest BCUT2D eigenvalue weighted by Gasteiger charge is 2.44. The number of hydrogen-bond acceptors (Lipinski definition) is 4. The Labute approximate surface area is 171 Å². The SMILES string of the molecule is CCOc1ccc(C(=O)N2CCC3(CC2)NC(=O)c2cc(C)ccc2N3C)cc1. The van der Waals surface area contributed by atoms with E-state index in [1.54, 1.807) is 0 Å². The van der Waals surface area contributed by atoms with Crippen molar-refractivity contribution in [2.24, 2.45) is 0 Å². The molecule has 6 nitrogen and oxygen atoms in total. The maximum absolute atomic E-state index is 12.9. The van der Waals surface area contributed by atoms with E-state index in [0.29, 0.717) is 43.7 Å². The number of rotatable bonds is 3. The molecule has 2 aromatic rings. The van der Waals surface area contributed by atoms with Crippen LogP contribution in [0.1, 0.15) is 46.0 Å². The van der Waals surface area contributed by atoms with Crippen LogP contribution in [0.4, 0.5) is 5.69 Å². The zero-order valence-corrected chi connectivity index (χ0v) is 17.2. The first kappa shape index (κ1) is 19.3. The van der Waals surface area contributed by atoms with E-state index in [4.69, 9.17) is 4.74 Å². The Kier molecular flexibility index (Phi) is 4.94. The van der Waals surface area contributed by atoms with Gasteiger partial charge in [-0.05, 0) is 50.2 Å². The van der Waals surface area contributed by atoms with E-state index in [9.17, 15) is 9.59 Å². The number of nitrogens with one attached hydrogen (secondary N) is 1. The quantitative estimate of drug-likeness (QED) is 0.870. The summed E-state index contributed by atoms with van der Waals surface area (Å²) in [6.07, 6.45) is 1.37. The normalized spacial score (nSPS) is 17.7. The molecule has 2 aliphatic heterocycles. The number of nitrogens with zero attached hydrogens (tertiary/aromatic N) is 2. The summed E-state index contributed by atoms with van der Waals surface area (Å²) in [4.78, 5) is 29.7. The first-order chi connectivity index (χ1) is 13.9. The second-order valence-corrected chi connectivity index (χ2v) is 7.81. The van der Waals surface area contributed by atoms with Gasteiger partial charge in [-0.15, -0.1) is 0 Å². The minimum Gasteiger partial charge on any atom is -0.494 e. The van der Waals surface area contributed by atoms with Crippen LogP contribution in [0.5, 0.6) is 5.75 Å². The first-order valence-electron chi connectivity index (χ1n) is 10.1. The highest BCUT2D eigenvalue weighted by atomic mass is 16.5. The van der Waals surface area contributed by atoms with Gasteiger partial charge < -0.3 is 19.9 Å². The largest absolute Gasteiger partial charge is 0.494 e. The van der Waals surface area contributed by atoms with Gasteiger partial charge in [0.05, 0.1) is 17.9 Å². The summed E-state index contributed by atoms with van der Waals surface area (Å²) in [5.74, 6) is 0.749. The Morgan fingerprint density at radius 3 is 2.48 bits per heavy atom. The Balaban J connectivity index is 1.48. The molecule has 0 unspecified atom stereocenters. The molecule has 2 aliphatic rings. The van der Waals surface area contributed by atoms with Gasteiger partial charge in [-0.3, -0.25) is 9.59 Å². The lowest BCUT2D eigenvalue weighted by atomic mass is 9.90. The molecule has 0 atom stereocenters. The molecule has 6 heteroatoms. The van der Waals surface area contributed by atoms with Gasteiger partial charge in [0.15, 0.2) is 0 Å². The average Bonchev–Trinajstić information content (AvgIpc) is 2.73. The molecule has 1 saturated heterocycles. The number of carbonyl (C=O) groups is 2. The van der Waals surface area contributed by atoms with Gasteiger partial charge in [-0.1, -0.05) is 11.6 Å². The molecule has 1 N–H and O–H groups in total. The molecule has 29 heavy (non-hydrogen) atoms. The van der Waals surface area contributed by atoms with Crippen LogP contribution in [-0.4, -0.2) is 49.1 Å². The van der Waals surface area contributed by atoms with Crippen molar-refractivity contribution in [1.82, 2.24) is 10.2 Å². The van der Waals surface area contributed by atoms with E-state index in [0.717, 1.165) is 17.0 Å². The van der Waals surface area contributed by atoms with E-state index in [1.807, 2.05) is 68.3 Å². The number of anilines is 1. The number of piperidine rings is 1. The Hall–Kier alpha value is -3.02. The van der Waals surface area contributed by atoms with Crippen molar-refractivity contribution in [3.8, 4) is 5.75 Å². The molecular weight excluding hydrogens is 366 g/mol. The lowest BCUT2D eigenvalue weighted by Gasteiger charge is -2.51. The molecule has 2 aromatic carbocycles. The van der Waals surface area contributed by atoms with Crippen LogP contribution in [0.25, 0.3) is 0 Å². The van der Waals surface area contributed by atoms with Crippen LogP contribution in [0.15, 0.2) is 42.5 Å². The molecule has 0 bridgehead atoms. The molecule has 1 spiro atoms. The Morgan fingerprint density at radius 1 is 1.14 bits per heavy atom. The van der Waals surface area contributed by atoms with Crippen LogP contribution < -0.4 is 15.0 Å². The van der Waals surface area contributed by atoms with Crippen molar-refractivity contribution in [3.05, 3.63) is 59.2 Å². The lowest BCUT2D eigenvalue weighted by molar-refractivity contribution is 0.0609. The molecule has 0 saturated carbocycles. The molecule has 152 valence electrons. The third kappa shape index (κ3) is 3.43. The number of carbonyl (C=O) groups excluding carboxylic acids is 2. The third-order valence-electron chi connectivity index (χ3n) is 6.04. The van der Waals surface area contributed by atoms with E-state index >= 15 is 0 Å². The van der Waals surface area contributed by atoms with Crippen molar-refractivity contribution in [3.63, 3.8) is 0 Å². The van der Waals surface area contributed by atoms with Crippen LogP contribution in [-0.2, 0) is 0 Å². The molecular formula is C23H27N3O3. The fourth-order valence-electron chi connectivity index (χ4n) is 4.30. The van der Waals surface area contributed by atoms with E-state index in [-0.39, 0.29) is 11.8 Å². The summed E-state index contributed by atoms with van der Waals surface area (Å²) in [7, 11) is 2.03. The van der Waals surface area contributed by atoms with E-state index in [2.05, 4.69) is 10.2 Å². The molecule has 0 aliphatic carbocycles. The van der Waals surface area contributed by atoms with Crippen LogP contribution in [0, 0.1) is 6.92 Å². The zero-order chi connectivity index (χ0) is 20.6. The Morgan fingerprint density at radius 2 is 1.83 bits per heavy atom. The fraction of sp³-hybridized carbons (Fsp3) is 0.391. The maximum atomic E-state index is 12.9. The van der Waals surface area contributed by atoms with Gasteiger partial charge in [-0.2, -0.15) is 0 Å². The summed E-state index contributed by atoms with van der Waals surface area (Å²) in [6, 6.07) is 13.3. The smallest absolute Gasteiger partial charge is 0.255 e. The molecule has 2 amide bonds. The van der Waals surface area contributed by atoms with Crippen molar-refractivity contribution in [2.75, 3.05) is 31.6 Å². The zero-order valence-electron chi connectivity index (χ0n) is 17.2. The summed E-state index contributed by atoms with van der Waals surface area (Å²) in [5, 5.41) is 3.22. The molecule has 4 rings (SSSR count). The molecule has 0 aromatic heterocycles. The minimum atomic E-state index is -0.449. The molecule has 2 heterocycles. The van der Waals surface area contributed by atoms with Gasteiger partial charge in [0, 0.05) is 38.5 Å². The van der Waals surface area contributed by atoms with Crippen molar-refractivity contribution < 1.29 is 14.3 Å². The Bertz CT molecular complexity index is 931. The maximum Gasteiger partial charge on any atom is 0.255 e. The van der Waals surface area contributed by atoms with E-state index < -0.39 is 5.66 Å². The topological polar surface area (TPSA) is 61.9 Å². The number of ether oxygens (including phenoxy) is 1. The van der Waals surface area contributed by atoms with Gasteiger partial charge in [0.2, 0.25) is 0 Å². The number of likely N-dealkylation sites (tertiary alicyclic amines) is 1. The number of amides is 2. The summed E-state index contributed by atoms with van der Waals surface area (Å²) < 4.78 is 5.45. The first-order valence-corrected chi connectivity index (χ1v) is 10.1. The minimum absolute atomic E-state index is 0.0173. The van der Waals surface area contributed by atoms with Crippen LogP contribution >= 0.6 is 0 Å². The van der Waals surface area contributed by atoms with Crippen molar-refractivity contribution in [2.45, 2.75) is 32.4 Å². The van der Waals surface area contributed by atoms with Crippen LogP contribution in [0.3, 0.4) is 0 Å². The average molecular weight is 393 g/mol. The summed E-state index contributed by atoms with van der Waals surface area (Å²) >= 11 is 0. The second-order valence-electron chi connectivity index (χ2n) is 7.81. The summed E-state index contributed by atoms with van der Waals surface area (Å²) in [6.45, 7) is 5.71. The molecule has 1 fully saturated rings. The number of fused-ring (bicyclic) bond motifs is 1. The van der Waals surface area contributed by atoms with Gasteiger partial charge in [0.1, 0.15) is 11.4 Å². The standard InChI is InChI=1S/C23H27N3O3/c1-4-29-18-8-6-17(7-9-18)22(28)26-13-11-23(12-14-26)24-21(27)19-15-16(2)5-10-20(19)25(23)3/h5-10,15H,4,11-14H2,1-3H3,(H,24,27). The van der Waals surface area contributed by atoms with Crippen molar-refractivity contribution >= 4 is 17.5 Å². The second kappa shape index (κ2) is 7.43. The number of hydrogen-bond donors (Lipinski definition) is 1. The van der Waals surface area contributed by atoms with Crippen molar-refractivity contribution in [1.29, 1.82) is 0 Å². The fourth-order valence-corrected chi connectivity index (χ4v) is 4.30. The number of aryl methyl sites for hydroxylation is 1. The van der Waals surface area contributed by atoms with Crippen LogP contribution in [0.2, 0.25) is 0 Å². The predicted octanol–water partition coefficient (Wildman–Crippen LogP) is 3.21. The van der Waals surface area contributed by atoms with Gasteiger partial charge in [0.25, 0.3) is 11.8 Å².